The largest absolute Gasteiger partial charge is 0.331 e. The third-order valence-electron chi connectivity index (χ3n) is 2.62. The average molecular weight is 227 g/mol. The van der Waals surface area contributed by atoms with Gasteiger partial charge in [0.15, 0.2) is 0 Å². The SMILES string of the molecule is Fc1ccc(Nc2ncc[nH]2)c2ccccc12. The number of aromatic amines is 1. The first-order chi connectivity index (χ1) is 8.34. The molecule has 17 heavy (non-hydrogen) atoms. The summed E-state index contributed by atoms with van der Waals surface area (Å²) in [4.78, 5) is 7.03. The van der Waals surface area contributed by atoms with Crippen LogP contribution in [0.25, 0.3) is 10.8 Å². The lowest BCUT2D eigenvalue weighted by molar-refractivity contribution is 0.640. The fourth-order valence-corrected chi connectivity index (χ4v) is 1.83. The van der Waals surface area contributed by atoms with Crippen molar-refractivity contribution in [3.05, 3.63) is 54.6 Å². The minimum absolute atomic E-state index is 0.217. The molecule has 0 radical (unpaired) electrons. The van der Waals surface area contributed by atoms with E-state index in [-0.39, 0.29) is 5.82 Å². The lowest BCUT2D eigenvalue weighted by Crippen LogP contribution is -1.94. The molecule has 0 aliphatic heterocycles. The Balaban J connectivity index is 2.14. The van der Waals surface area contributed by atoms with Crippen molar-refractivity contribution >= 4 is 22.4 Å². The second-order valence-corrected chi connectivity index (χ2v) is 3.70. The first-order valence-electron chi connectivity index (χ1n) is 5.28. The molecule has 3 nitrogen and oxygen atoms in total. The number of imidazole rings is 1. The average Bonchev–Trinajstić information content (AvgIpc) is 2.86. The number of fused-ring (bicyclic) bond motifs is 1. The summed E-state index contributed by atoms with van der Waals surface area (Å²) in [5.74, 6) is 0.423. The number of H-pyrrole nitrogens is 1. The van der Waals surface area contributed by atoms with Crippen molar-refractivity contribution < 1.29 is 4.39 Å². The van der Waals surface area contributed by atoms with E-state index in [2.05, 4.69) is 15.3 Å². The normalized spacial score (nSPS) is 10.6. The Kier molecular flexibility index (Phi) is 2.26. The van der Waals surface area contributed by atoms with E-state index in [0.29, 0.717) is 11.3 Å². The highest BCUT2D eigenvalue weighted by Gasteiger charge is 2.05. The van der Waals surface area contributed by atoms with Crippen LogP contribution >= 0.6 is 0 Å². The number of hydrogen-bond acceptors (Lipinski definition) is 2. The highest BCUT2D eigenvalue weighted by molar-refractivity contribution is 5.95. The van der Waals surface area contributed by atoms with Gasteiger partial charge in [-0.05, 0) is 12.1 Å². The Labute approximate surface area is 97.3 Å². The van der Waals surface area contributed by atoms with Crippen LogP contribution in [0.3, 0.4) is 0 Å². The molecule has 1 heterocycles. The molecule has 4 heteroatoms. The second-order valence-electron chi connectivity index (χ2n) is 3.70. The Morgan fingerprint density at radius 1 is 1.06 bits per heavy atom. The van der Waals surface area contributed by atoms with Crippen LogP contribution in [0.1, 0.15) is 0 Å². The van der Waals surface area contributed by atoms with Gasteiger partial charge < -0.3 is 10.3 Å². The van der Waals surface area contributed by atoms with E-state index in [0.717, 1.165) is 11.1 Å². The lowest BCUT2D eigenvalue weighted by Gasteiger charge is -2.07. The van der Waals surface area contributed by atoms with Gasteiger partial charge in [-0.2, -0.15) is 0 Å². The molecule has 3 aromatic rings. The van der Waals surface area contributed by atoms with Crippen LogP contribution in [-0.4, -0.2) is 9.97 Å². The number of rotatable bonds is 2. The monoisotopic (exact) mass is 227 g/mol. The van der Waals surface area contributed by atoms with Crippen LogP contribution in [0.5, 0.6) is 0 Å². The molecule has 0 unspecified atom stereocenters. The quantitative estimate of drug-likeness (QED) is 0.704. The number of halogens is 1. The van der Waals surface area contributed by atoms with Crippen molar-refractivity contribution in [2.75, 3.05) is 5.32 Å². The maximum absolute atomic E-state index is 13.6. The van der Waals surface area contributed by atoms with E-state index in [9.17, 15) is 4.39 Å². The molecular formula is C13H10FN3. The summed E-state index contributed by atoms with van der Waals surface area (Å²) in [6.45, 7) is 0. The molecule has 0 aliphatic rings. The number of nitrogens with zero attached hydrogens (tertiary/aromatic N) is 1. The predicted octanol–water partition coefficient (Wildman–Crippen LogP) is 3.45. The van der Waals surface area contributed by atoms with Gasteiger partial charge in [-0.15, -0.1) is 0 Å². The zero-order valence-corrected chi connectivity index (χ0v) is 8.94. The van der Waals surface area contributed by atoms with Crippen LogP contribution in [0, 0.1) is 5.82 Å². The molecule has 0 bridgehead atoms. The summed E-state index contributed by atoms with van der Waals surface area (Å²) >= 11 is 0. The van der Waals surface area contributed by atoms with Crippen molar-refractivity contribution in [3.63, 3.8) is 0 Å². The molecule has 0 spiro atoms. The molecule has 0 amide bonds. The van der Waals surface area contributed by atoms with Crippen molar-refractivity contribution in [2.45, 2.75) is 0 Å². The fourth-order valence-electron chi connectivity index (χ4n) is 1.83. The number of nitrogens with one attached hydrogen (secondary N) is 2. The van der Waals surface area contributed by atoms with E-state index in [1.54, 1.807) is 24.5 Å². The van der Waals surface area contributed by atoms with Gasteiger partial charge >= 0.3 is 0 Å². The summed E-state index contributed by atoms with van der Waals surface area (Å²) in [7, 11) is 0. The first-order valence-corrected chi connectivity index (χ1v) is 5.28. The summed E-state index contributed by atoms with van der Waals surface area (Å²) in [5, 5.41) is 4.56. The van der Waals surface area contributed by atoms with Gasteiger partial charge in [0.05, 0.1) is 0 Å². The van der Waals surface area contributed by atoms with Crippen LogP contribution in [0.2, 0.25) is 0 Å². The van der Waals surface area contributed by atoms with Crippen LogP contribution in [-0.2, 0) is 0 Å². The number of benzene rings is 2. The smallest absolute Gasteiger partial charge is 0.204 e. The van der Waals surface area contributed by atoms with Crippen molar-refractivity contribution in [1.82, 2.24) is 9.97 Å². The van der Waals surface area contributed by atoms with Gasteiger partial charge in [0.2, 0.25) is 5.95 Å². The van der Waals surface area contributed by atoms with Gasteiger partial charge in [-0.25, -0.2) is 9.37 Å². The first kappa shape index (κ1) is 9.84. The molecule has 1 aromatic heterocycles. The molecule has 2 N–H and O–H groups in total. The third kappa shape index (κ3) is 1.73. The molecule has 3 rings (SSSR count). The molecule has 0 saturated heterocycles. The minimum Gasteiger partial charge on any atom is -0.331 e. The lowest BCUT2D eigenvalue weighted by atomic mass is 10.1. The van der Waals surface area contributed by atoms with Crippen LogP contribution in [0.4, 0.5) is 16.0 Å². The summed E-state index contributed by atoms with van der Waals surface area (Å²) in [6.07, 6.45) is 3.39. The zero-order chi connectivity index (χ0) is 11.7. The Morgan fingerprint density at radius 2 is 1.88 bits per heavy atom. The Hall–Kier alpha value is -2.36. The van der Waals surface area contributed by atoms with Gasteiger partial charge in [0, 0.05) is 28.9 Å². The Bertz CT molecular complexity index is 647. The van der Waals surface area contributed by atoms with Gasteiger partial charge in [-0.1, -0.05) is 24.3 Å². The summed E-state index contributed by atoms with van der Waals surface area (Å²) < 4.78 is 13.6. The van der Waals surface area contributed by atoms with E-state index in [1.807, 2.05) is 18.2 Å². The van der Waals surface area contributed by atoms with E-state index < -0.39 is 0 Å². The van der Waals surface area contributed by atoms with E-state index >= 15 is 0 Å². The highest BCUT2D eigenvalue weighted by atomic mass is 19.1. The molecule has 2 aromatic carbocycles. The van der Waals surface area contributed by atoms with E-state index in [4.69, 9.17) is 0 Å². The van der Waals surface area contributed by atoms with Crippen LogP contribution < -0.4 is 5.32 Å². The number of anilines is 2. The van der Waals surface area contributed by atoms with Crippen molar-refractivity contribution in [1.29, 1.82) is 0 Å². The van der Waals surface area contributed by atoms with Crippen molar-refractivity contribution in [3.8, 4) is 0 Å². The predicted molar refractivity (Wildman–Crippen MR) is 65.8 cm³/mol. The van der Waals surface area contributed by atoms with E-state index in [1.165, 1.54) is 6.07 Å². The topological polar surface area (TPSA) is 40.7 Å². The molecule has 0 fully saturated rings. The molecule has 0 atom stereocenters. The summed E-state index contributed by atoms with van der Waals surface area (Å²) in [5.41, 5.74) is 0.831. The maximum atomic E-state index is 13.6. The number of aromatic nitrogens is 2. The van der Waals surface area contributed by atoms with Gasteiger partial charge in [0.1, 0.15) is 5.82 Å². The third-order valence-corrected chi connectivity index (χ3v) is 2.62. The molecule has 84 valence electrons. The summed E-state index contributed by atoms with van der Waals surface area (Å²) in [6, 6.07) is 10.5. The maximum Gasteiger partial charge on any atom is 0.204 e. The highest BCUT2D eigenvalue weighted by Crippen LogP contribution is 2.27. The molecule has 0 aliphatic carbocycles. The number of hydrogen-bond donors (Lipinski definition) is 2. The molecular weight excluding hydrogens is 217 g/mol. The Morgan fingerprint density at radius 3 is 2.65 bits per heavy atom. The van der Waals surface area contributed by atoms with Crippen LogP contribution in [0.15, 0.2) is 48.8 Å². The van der Waals surface area contributed by atoms with Gasteiger partial charge in [-0.3, -0.25) is 0 Å². The van der Waals surface area contributed by atoms with Crippen molar-refractivity contribution in [2.24, 2.45) is 0 Å². The standard InChI is InChI=1S/C13H10FN3/c14-11-5-6-12(17-13-15-7-8-16-13)10-4-2-1-3-9(10)11/h1-8H,(H2,15,16,17). The second kappa shape index (κ2) is 3.90. The zero-order valence-electron chi connectivity index (χ0n) is 8.94. The minimum atomic E-state index is -0.217. The van der Waals surface area contributed by atoms with Gasteiger partial charge in [0.25, 0.3) is 0 Å². The molecule has 0 saturated carbocycles. The fraction of sp³-hybridized carbons (Fsp3) is 0.